The standard InChI is InChI=1S/C12H11NO2/c1-7(2)8-3-4-10-9(5-8)6-11(13-10)12(14)15/h3-6,13H,1H2,2H3,(H,14,15). The average Bonchev–Trinajstić information content (AvgIpc) is 2.59. The number of nitrogens with one attached hydrogen (secondary N) is 1. The molecule has 0 saturated heterocycles. The van der Waals surface area contributed by atoms with Gasteiger partial charge in [0, 0.05) is 10.9 Å². The van der Waals surface area contributed by atoms with Crippen LogP contribution < -0.4 is 0 Å². The van der Waals surface area contributed by atoms with E-state index in [0.717, 1.165) is 22.0 Å². The molecule has 2 aromatic rings. The molecule has 15 heavy (non-hydrogen) atoms. The number of aromatic amines is 1. The van der Waals surface area contributed by atoms with E-state index in [1.807, 2.05) is 25.1 Å². The third kappa shape index (κ3) is 1.64. The van der Waals surface area contributed by atoms with Crippen LogP contribution in [-0.2, 0) is 0 Å². The predicted molar refractivity (Wildman–Crippen MR) is 60.0 cm³/mol. The summed E-state index contributed by atoms with van der Waals surface area (Å²) in [4.78, 5) is 13.6. The summed E-state index contributed by atoms with van der Waals surface area (Å²) in [6.45, 7) is 5.77. The first-order chi connectivity index (χ1) is 7.08. The number of rotatable bonds is 2. The van der Waals surface area contributed by atoms with Gasteiger partial charge in [0.15, 0.2) is 0 Å². The van der Waals surface area contributed by atoms with Crippen molar-refractivity contribution >= 4 is 22.4 Å². The Morgan fingerprint density at radius 1 is 1.40 bits per heavy atom. The molecule has 0 unspecified atom stereocenters. The first-order valence-electron chi connectivity index (χ1n) is 4.60. The highest BCUT2D eigenvalue weighted by Crippen LogP contribution is 2.20. The van der Waals surface area contributed by atoms with Gasteiger partial charge in [-0.3, -0.25) is 0 Å². The van der Waals surface area contributed by atoms with Crippen LogP contribution in [0.1, 0.15) is 23.0 Å². The lowest BCUT2D eigenvalue weighted by Crippen LogP contribution is -1.94. The zero-order valence-electron chi connectivity index (χ0n) is 8.37. The van der Waals surface area contributed by atoms with E-state index in [9.17, 15) is 4.79 Å². The zero-order chi connectivity index (χ0) is 11.0. The van der Waals surface area contributed by atoms with Crippen molar-refractivity contribution in [3.05, 3.63) is 42.1 Å². The van der Waals surface area contributed by atoms with Crippen LogP contribution in [0.2, 0.25) is 0 Å². The third-order valence-electron chi connectivity index (χ3n) is 2.34. The van der Waals surface area contributed by atoms with E-state index in [1.54, 1.807) is 6.07 Å². The molecular formula is C12H11NO2. The molecule has 1 heterocycles. The van der Waals surface area contributed by atoms with Crippen LogP contribution in [-0.4, -0.2) is 16.1 Å². The monoisotopic (exact) mass is 201 g/mol. The minimum absolute atomic E-state index is 0.212. The van der Waals surface area contributed by atoms with E-state index in [2.05, 4.69) is 11.6 Å². The summed E-state index contributed by atoms with van der Waals surface area (Å²) in [5.41, 5.74) is 3.04. The van der Waals surface area contributed by atoms with Crippen molar-refractivity contribution in [2.24, 2.45) is 0 Å². The molecule has 0 amide bonds. The Morgan fingerprint density at radius 2 is 2.13 bits per heavy atom. The number of fused-ring (bicyclic) bond motifs is 1. The smallest absolute Gasteiger partial charge is 0.352 e. The molecule has 0 atom stereocenters. The molecule has 0 aliphatic heterocycles. The Hall–Kier alpha value is -2.03. The maximum Gasteiger partial charge on any atom is 0.352 e. The fraction of sp³-hybridized carbons (Fsp3) is 0.0833. The van der Waals surface area contributed by atoms with Crippen LogP contribution >= 0.6 is 0 Å². The highest BCUT2D eigenvalue weighted by atomic mass is 16.4. The molecule has 0 fully saturated rings. The molecule has 0 radical (unpaired) electrons. The highest BCUT2D eigenvalue weighted by molar-refractivity contribution is 5.94. The summed E-state index contributed by atoms with van der Waals surface area (Å²) in [6.07, 6.45) is 0. The summed E-state index contributed by atoms with van der Waals surface area (Å²) in [5.74, 6) is -0.942. The van der Waals surface area contributed by atoms with E-state index >= 15 is 0 Å². The Kier molecular flexibility index (Phi) is 2.08. The van der Waals surface area contributed by atoms with E-state index in [-0.39, 0.29) is 5.69 Å². The van der Waals surface area contributed by atoms with Crippen LogP contribution in [0.4, 0.5) is 0 Å². The molecule has 2 N–H and O–H groups in total. The number of carboxylic acid groups (broad SMARTS) is 1. The minimum Gasteiger partial charge on any atom is -0.477 e. The van der Waals surface area contributed by atoms with Gasteiger partial charge in [0.1, 0.15) is 5.69 Å². The van der Waals surface area contributed by atoms with Crippen molar-refractivity contribution in [3.8, 4) is 0 Å². The number of H-pyrrole nitrogens is 1. The lowest BCUT2D eigenvalue weighted by Gasteiger charge is -1.98. The number of hydrogen-bond donors (Lipinski definition) is 2. The lowest BCUT2D eigenvalue weighted by molar-refractivity contribution is 0.0691. The average molecular weight is 201 g/mol. The van der Waals surface area contributed by atoms with E-state index < -0.39 is 5.97 Å². The zero-order valence-corrected chi connectivity index (χ0v) is 8.37. The molecule has 0 aliphatic carbocycles. The van der Waals surface area contributed by atoms with Gasteiger partial charge in [-0.05, 0) is 30.7 Å². The fourth-order valence-electron chi connectivity index (χ4n) is 1.51. The van der Waals surface area contributed by atoms with Gasteiger partial charge in [-0.2, -0.15) is 0 Å². The number of allylic oxidation sites excluding steroid dienone is 1. The Bertz CT molecular complexity index is 540. The van der Waals surface area contributed by atoms with Gasteiger partial charge in [0.05, 0.1) is 0 Å². The highest BCUT2D eigenvalue weighted by Gasteiger charge is 2.07. The molecular weight excluding hydrogens is 190 g/mol. The third-order valence-corrected chi connectivity index (χ3v) is 2.34. The summed E-state index contributed by atoms with van der Waals surface area (Å²) >= 11 is 0. The number of carboxylic acids is 1. The molecule has 2 rings (SSSR count). The maximum absolute atomic E-state index is 10.7. The number of aromatic nitrogens is 1. The van der Waals surface area contributed by atoms with Gasteiger partial charge in [-0.15, -0.1) is 0 Å². The van der Waals surface area contributed by atoms with Gasteiger partial charge in [-0.1, -0.05) is 18.2 Å². The quantitative estimate of drug-likeness (QED) is 0.784. The number of aromatic carboxylic acids is 1. The molecule has 3 heteroatoms. The van der Waals surface area contributed by atoms with Gasteiger partial charge in [0.2, 0.25) is 0 Å². The first kappa shape index (κ1) is 9.52. The van der Waals surface area contributed by atoms with Crippen molar-refractivity contribution in [3.63, 3.8) is 0 Å². The van der Waals surface area contributed by atoms with E-state index in [4.69, 9.17) is 5.11 Å². The lowest BCUT2D eigenvalue weighted by atomic mass is 10.1. The van der Waals surface area contributed by atoms with Gasteiger partial charge < -0.3 is 10.1 Å². The van der Waals surface area contributed by atoms with Crippen molar-refractivity contribution in [1.82, 2.24) is 4.98 Å². The number of hydrogen-bond acceptors (Lipinski definition) is 1. The molecule has 0 aliphatic rings. The largest absolute Gasteiger partial charge is 0.477 e. The molecule has 0 saturated carbocycles. The molecule has 76 valence electrons. The van der Waals surface area contributed by atoms with Crippen LogP contribution in [0.25, 0.3) is 16.5 Å². The first-order valence-corrected chi connectivity index (χ1v) is 4.60. The molecule has 3 nitrogen and oxygen atoms in total. The van der Waals surface area contributed by atoms with Crippen molar-refractivity contribution in [2.75, 3.05) is 0 Å². The van der Waals surface area contributed by atoms with Gasteiger partial charge in [-0.25, -0.2) is 4.79 Å². The Balaban J connectivity index is 2.62. The fourth-order valence-corrected chi connectivity index (χ4v) is 1.51. The molecule has 1 aromatic carbocycles. The minimum atomic E-state index is -0.942. The Morgan fingerprint density at radius 3 is 2.73 bits per heavy atom. The molecule has 0 bridgehead atoms. The van der Waals surface area contributed by atoms with E-state index in [0.29, 0.717) is 0 Å². The van der Waals surface area contributed by atoms with Gasteiger partial charge in [0.25, 0.3) is 0 Å². The van der Waals surface area contributed by atoms with Crippen LogP contribution in [0.5, 0.6) is 0 Å². The summed E-state index contributed by atoms with van der Waals surface area (Å²) in [6, 6.07) is 7.35. The maximum atomic E-state index is 10.7. The summed E-state index contributed by atoms with van der Waals surface area (Å²) < 4.78 is 0. The number of carbonyl (C=O) groups is 1. The van der Waals surface area contributed by atoms with E-state index in [1.165, 1.54) is 0 Å². The SMILES string of the molecule is C=C(C)c1ccc2[nH]c(C(=O)O)cc2c1. The van der Waals surface area contributed by atoms with Crippen LogP contribution in [0, 0.1) is 0 Å². The summed E-state index contributed by atoms with van der Waals surface area (Å²) in [7, 11) is 0. The van der Waals surface area contributed by atoms with Crippen LogP contribution in [0.3, 0.4) is 0 Å². The second kappa shape index (κ2) is 3.28. The van der Waals surface area contributed by atoms with Crippen molar-refractivity contribution in [2.45, 2.75) is 6.92 Å². The second-order valence-electron chi connectivity index (χ2n) is 3.57. The van der Waals surface area contributed by atoms with Crippen molar-refractivity contribution in [1.29, 1.82) is 0 Å². The molecule has 0 spiro atoms. The second-order valence-corrected chi connectivity index (χ2v) is 3.57. The van der Waals surface area contributed by atoms with Crippen LogP contribution in [0.15, 0.2) is 30.8 Å². The summed E-state index contributed by atoms with van der Waals surface area (Å²) in [5, 5.41) is 9.71. The van der Waals surface area contributed by atoms with Crippen molar-refractivity contribution < 1.29 is 9.90 Å². The normalized spacial score (nSPS) is 10.5. The topological polar surface area (TPSA) is 53.1 Å². The van der Waals surface area contributed by atoms with Gasteiger partial charge >= 0.3 is 5.97 Å². The molecule has 1 aromatic heterocycles. The predicted octanol–water partition coefficient (Wildman–Crippen LogP) is 2.90. The number of benzene rings is 1. The Labute approximate surface area is 87.0 Å².